The smallest absolute Gasteiger partial charge is 0.393 e. The van der Waals surface area contributed by atoms with E-state index in [9.17, 15) is 33.7 Å². The summed E-state index contributed by atoms with van der Waals surface area (Å²) >= 11 is 0. The normalized spacial score (nSPS) is 27.0. The highest BCUT2D eigenvalue weighted by Crippen LogP contribution is 2.52. The molecule has 6 atom stereocenters. The first-order chi connectivity index (χ1) is 21.3. The Morgan fingerprint density at radius 3 is 2.49 bits per heavy atom. The Balaban J connectivity index is 1.16. The number of nitrogens with one attached hydrogen (secondary N) is 1. The molecule has 6 heterocycles. The number of nitrogens with two attached hydrogens (primary N) is 2. The van der Waals surface area contributed by atoms with Crippen molar-refractivity contribution in [3.05, 3.63) is 29.3 Å². The van der Waals surface area contributed by atoms with Crippen molar-refractivity contribution in [1.29, 1.82) is 0 Å². The molecule has 0 aliphatic carbocycles. The van der Waals surface area contributed by atoms with E-state index in [1.807, 2.05) is 0 Å². The topological polar surface area (TPSA) is 320 Å². The fourth-order valence-electron chi connectivity index (χ4n) is 5.22. The molecule has 4 aromatic heterocycles. The zero-order valence-corrected chi connectivity index (χ0v) is 24.8. The summed E-state index contributed by atoms with van der Waals surface area (Å²) in [6.45, 7) is -2.27. The molecule has 0 bridgehead atoms. The molecule has 6 rings (SSSR count). The van der Waals surface area contributed by atoms with Crippen molar-refractivity contribution in [1.82, 2.24) is 39.0 Å². The fourth-order valence-corrected chi connectivity index (χ4v) is 6.63. The van der Waals surface area contributed by atoms with Crippen LogP contribution in [-0.2, 0) is 32.2 Å². The minimum atomic E-state index is -5.07. The first-order valence-corrected chi connectivity index (χ1v) is 16.3. The molecular formula is C21H28N10O12P2. The second-order valence-corrected chi connectivity index (χ2v) is 12.9. The van der Waals surface area contributed by atoms with E-state index >= 15 is 0 Å². The van der Waals surface area contributed by atoms with Crippen LogP contribution in [-0.4, -0.2) is 96.5 Å². The number of H-pyrrole nitrogens is 1. The van der Waals surface area contributed by atoms with Crippen molar-refractivity contribution < 1.29 is 52.0 Å². The second-order valence-electron chi connectivity index (χ2n) is 10.3. The molecule has 2 fully saturated rings. The Morgan fingerprint density at radius 1 is 1.02 bits per heavy atom. The Labute approximate surface area is 251 Å². The molecule has 0 saturated carbocycles. The van der Waals surface area contributed by atoms with Crippen molar-refractivity contribution in [3.8, 4) is 0 Å². The number of hydrogen-bond acceptors (Lipinski definition) is 16. The van der Waals surface area contributed by atoms with E-state index in [2.05, 4.69) is 34.4 Å². The molecule has 0 radical (unpaired) electrons. The number of fused-ring (bicyclic) bond motifs is 2. The third-order valence-electron chi connectivity index (χ3n) is 7.35. The summed E-state index contributed by atoms with van der Waals surface area (Å²) in [6.07, 6.45) is 0.546. The maximum atomic E-state index is 13.1. The third kappa shape index (κ3) is 6.35. The molecule has 4 aromatic rings. The lowest BCUT2D eigenvalue weighted by molar-refractivity contribution is -0.145. The molecule has 0 aromatic carbocycles. The molecule has 2 aliphatic heterocycles. The van der Waals surface area contributed by atoms with Gasteiger partial charge in [-0.1, -0.05) is 0 Å². The van der Waals surface area contributed by atoms with E-state index in [0.717, 1.165) is 0 Å². The number of hydrogen-bond donors (Lipinski definition) is 7. The largest absolute Gasteiger partial charge is 0.472 e. The van der Waals surface area contributed by atoms with Gasteiger partial charge in [-0.15, -0.1) is 0 Å². The Hall–Kier alpha value is -3.40. The molecule has 244 valence electrons. The summed E-state index contributed by atoms with van der Waals surface area (Å²) in [5.74, 6) is -0.0323. The van der Waals surface area contributed by atoms with Crippen molar-refractivity contribution in [3.63, 3.8) is 0 Å². The monoisotopic (exact) mass is 674 g/mol. The highest BCUT2D eigenvalue weighted by atomic mass is 31.2. The van der Waals surface area contributed by atoms with Crippen molar-refractivity contribution in [2.45, 2.75) is 49.5 Å². The van der Waals surface area contributed by atoms with E-state index in [1.54, 1.807) is 0 Å². The minimum absolute atomic E-state index is 0.0625. The van der Waals surface area contributed by atoms with Gasteiger partial charge in [-0.25, -0.2) is 29.1 Å². The van der Waals surface area contributed by atoms with Crippen LogP contribution in [0.3, 0.4) is 0 Å². The molecule has 24 heteroatoms. The van der Waals surface area contributed by atoms with E-state index in [-0.39, 0.29) is 40.5 Å². The first kappa shape index (κ1) is 31.6. The summed E-state index contributed by atoms with van der Waals surface area (Å²) in [7, 11) is -10.00. The van der Waals surface area contributed by atoms with E-state index in [0.29, 0.717) is 12.8 Å². The van der Waals surface area contributed by atoms with Gasteiger partial charge in [0.1, 0.15) is 36.0 Å². The molecule has 45 heavy (non-hydrogen) atoms. The molecule has 9 N–H and O–H groups in total. The van der Waals surface area contributed by atoms with Crippen LogP contribution in [0.15, 0.2) is 23.8 Å². The van der Waals surface area contributed by atoms with Gasteiger partial charge in [-0.3, -0.25) is 32.5 Å². The summed E-state index contributed by atoms with van der Waals surface area (Å²) < 4.78 is 54.7. The first-order valence-electron chi connectivity index (χ1n) is 13.2. The quantitative estimate of drug-likeness (QED) is 0.0944. The summed E-state index contributed by atoms with van der Waals surface area (Å²) in [5, 5.41) is 10.3. The third-order valence-corrected chi connectivity index (χ3v) is 8.81. The van der Waals surface area contributed by atoms with Crippen LogP contribution in [0.2, 0.25) is 0 Å². The predicted octanol–water partition coefficient (Wildman–Crippen LogP) is -0.937. The lowest BCUT2D eigenvalue weighted by Crippen LogP contribution is -2.48. The van der Waals surface area contributed by atoms with Crippen LogP contribution >= 0.6 is 15.6 Å². The van der Waals surface area contributed by atoms with Crippen molar-refractivity contribution in [2.75, 3.05) is 31.3 Å². The van der Waals surface area contributed by atoms with Gasteiger partial charge >= 0.3 is 15.6 Å². The van der Waals surface area contributed by atoms with Crippen LogP contribution in [0.25, 0.3) is 22.3 Å². The van der Waals surface area contributed by atoms with E-state index < -0.39 is 71.3 Å². The lowest BCUT2D eigenvalue weighted by atomic mass is 9.99. The van der Waals surface area contributed by atoms with Crippen LogP contribution in [0.5, 0.6) is 0 Å². The maximum absolute atomic E-state index is 13.1. The molecule has 2 aliphatic rings. The number of nitrogen functional groups attached to an aromatic ring is 2. The number of nitrogens with zero attached hydrogens (tertiary/aromatic N) is 7. The van der Waals surface area contributed by atoms with E-state index in [4.69, 9.17) is 30.0 Å². The highest BCUT2D eigenvalue weighted by Gasteiger charge is 2.54. The number of imidazole rings is 2. The van der Waals surface area contributed by atoms with E-state index in [1.165, 1.54) is 28.1 Å². The lowest BCUT2D eigenvalue weighted by Gasteiger charge is -2.32. The number of aromatic nitrogens is 8. The van der Waals surface area contributed by atoms with Gasteiger partial charge in [-0.05, 0) is 12.8 Å². The maximum Gasteiger partial charge on any atom is 0.472 e. The number of ether oxygens (including phenoxy) is 2. The summed E-state index contributed by atoms with van der Waals surface area (Å²) in [6, 6.07) is 0. The van der Waals surface area contributed by atoms with Crippen LogP contribution in [0, 0.1) is 0 Å². The van der Waals surface area contributed by atoms with Gasteiger partial charge in [0.15, 0.2) is 22.6 Å². The predicted molar refractivity (Wildman–Crippen MR) is 149 cm³/mol. The molecule has 2 saturated heterocycles. The van der Waals surface area contributed by atoms with Gasteiger partial charge in [0.2, 0.25) is 5.95 Å². The van der Waals surface area contributed by atoms with Gasteiger partial charge in [0.25, 0.3) is 5.56 Å². The fraction of sp³-hybridized carbons (Fsp3) is 0.524. The minimum Gasteiger partial charge on any atom is -0.393 e. The summed E-state index contributed by atoms with van der Waals surface area (Å²) in [5.41, 5.74) is 9.66. The SMILES string of the molecule is Nc1nc2c(ncn2[C@H]2CC[C@@H](COP(=O)(O)O[C@H]3C[C@H](n4cnc5c(N)ncnc54)OC3(CO)COP(=O)(O)O)O2)c(=O)[nH]1. The molecule has 0 amide bonds. The Kier molecular flexibility index (Phi) is 8.25. The standard InChI is InChI=1S/C21H28N10O12P2/c22-16-14-17(25-7-24-16)31(8-26-14)13-3-11(21(5-32,42-13)6-40-44(34,35)36)43-45(37,38)39-4-10-1-2-12(41-10)30-9-27-15-18(30)28-20(23)29-19(15)33/h7-13,32H,1-6H2,(H,37,38)(H2,22,24,25)(H2,34,35,36)(H3,23,28,29,33)/t10-,11-,12+,13+,21?/m0/s1. The van der Waals surface area contributed by atoms with Crippen LogP contribution < -0.4 is 17.0 Å². The highest BCUT2D eigenvalue weighted by molar-refractivity contribution is 7.47. The van der Waals surface area contributed by atoms with Crippen LogP contribution in [0.4, 0.5) is 11.8 Å². The Morgan fingerprint density at radius 2 is 1.76 bits per heavy atom. The van der Waals surface area contributed by atoms with Gasteiger partial charge in [0.05, 0.1) is 38.6 Å². The van der Waals surface area contributed by atoms with Gasteiger partial charge < -0.3 is 40.7 Å². The van der Waals surface area contributed by atoms with Crippen molar-refractivity contribution in [2.24, 2.45) is 0 Å². The summed E-state index contributed by atoms with van der Waals surface area (Å²) in [4.78, 5) is 64.0. The van der Waals surface area contributed by atoms with Crippen LogP contribution in [0.1, 0.15) is 31.7 Å². The number of phosphoric acid groups is 2. The average Bonchev–Trinajstić information content (AvgIpc) is 3.75. The number of rotatable bonds is 11. The number of phosphoric ester groups is 2. The number of aliphatic hydroxyl groups excluding tert-OH is 1. The Bertz CT molecular complexity index is 1880. The zero-order valence-electron chi connectivity index (χ0n) is 23.0. The molecular weight excluding hydrogens is 646 g/mol. The van der Waals surface area contributed by atoms with Gasteiger partial charge in [-0.2, -0.15) is 4.98 Å². The number of aromatic amines is 1. The average molecular weight is 674 g/mol. The number of anilines is 2. The second kappa shape index (κ2) is 11.8. The molecule has 22 nitrogen and oxygen atoms in total. The molecule has 0 spiro atoms. The van der Waals surface area contributed by atoms with Crippen molar-refractivity contribution >= 4 is 49.7 Å². The molecule has 2 unspecified atom stereocenters. The zero-order chi connectivity index (χ0) is 32.1. The number of aliphatic hydroxyl groups is 1. The van der Waals surface area contributed by atoms with Gasteiger partial charge in [0, 0.05) is 6.42 Å².